The van der Waals surface area contributed by atoms with Crippen LogP contribution in [0.1, 0.15) is 16.7 Å². The molecule has 0 fully saturated rings. The van der Waals surface area contributed by atoms with E-state index in [0.717, 1.165) is 72.7 Å². The molecule has 0 unspecified atom stereocenters. The molecule has 124 heavy (non-hydrogen) atoms. The van der Waals surface area contributed by atoms with E-state index in [-0.39, 0.29) is 36.6 Å². The first-order valence-electron chi connectivity index (χ1n) is 39.3. The molecule has 6 atom stereocenters. The van der Waals surface area contributed by atoms with Crippen molar-refractivity contribution in [3.05, 3.63) is 273 Å². The minimum Gasteiger partial charge on any atom is -0.496 e. The molecule has 12 aromatic rings. The van der Waals surface area contributed by atoms with Crippen LogP contribution in [0.3, 0.4) is 0 Å². The molecule has 648 valence electrons. The molecule has 6 heterocycles. The number of nitrogens with two attached hydrogens (primary N) is 6. The van der Waals surface area contributed by atoms with Gasteiger partial charge in [-0.05, 0) is 152 Å². The number of benzene rings is 12. The van der Waals surface area contributed by atoms with E-state index < -0.39 is 5.82 Å². The predicted molar refractivity (Wildman–Crippen MR) is 496 cm³/mol. The zero-order valence-corrected chi connectivity index (χ0v) is 75.0. The van der Waals surface area contributed by atoms with E-state index in [0.29, 0.717) is 204 Å². The number of fused-ring (bicyclic) bond motifs is 6. The SMILES string of the molecule is COc1ccc(Cl)cc1-c1cc(Cl)cc2c1O[C@@H](CN)CO2.Cc1cccc(C)c1-c1cc(Cl)cc2c1O[C@@H](CN)CO2.Cc1ccccc1-c1c(Cl)ccc2c1O[C@@H](CN)CO2.NC[C@H]1COc2cc(Cl)cc(-c3cc(Cl)ccc3Cl)c2O1.NC[C@H]1COc2ccc(Cl)c(-c3ccccc3Cl)c2O1.NC[C@H]1COc2ccc(F)c(-c3ccccc3Cl)c2O1. The Balaban J connectivity index is 0.000000128. The fraction of sp³-hybridized carbons (Fsp3) is 0.234. The van der Waals surface area contributed by atoms with Gasteiger partial charge in [0.1, 0.15) is 87.8 Å². The third-order valence-corrected chi connectivity index (χ3v) is 23.0. The maximum absolute atomic E-state index is 14.2. The number of hydrogen-bond acceptors (Lipinski definition) is 19. The van der Waals surface area contributed by atoms with Gasteiger partial charge in [0.25, 0.3) is 0 Å². The maximum Gasteiger partial charge on any atom is 0.172 e. The highest BCUT2D eigenvalue weighted by atomic mass is 35.5. The molecule has 0 saturated carbocycles. The summed E-state index contributed by atoms with van der Waals surface area (Å²) in [5, 5.41) is 5.74. The first-order valence-corrected chi connectivity index (χ1v) is 43.1. The molecule has 0 spiro atoms. The Kier molecular flexibility index (Phi) is 31.8. The van der Waals surface area contributed by atoms with Crippen molar-refractivity contribution in [1.29, 1.82) is 0 Å². The van der Waals surface area contributed by atoms with Gasteiger partial charge in [-0.15, -0.1) is 0 Å². The fourth-order valence-corrected chi connectivity index (χ4v) is 16.2. The second kappa shape index (κ2) is 42.7. The molecule has 12 N–H and O–H groups in total. The largest absolute Gasteiger partial charge is 0.496 e. The second-order valence-electron chi connectivity index (χ2n) is 28.8. The van der Waals surface area contributed by atoms with Crippen LogP contribution in [0.2, 0.25) is 50.2 Å². The number of ether oxygens (including phenoxy) is 13. The van der Waals surface area contributed by atoms with Gasteiger partial charge in [-0.25, -0.2) is 4.39 Å². The molecule has 18 rings (SSSR count). The zero-order valence-electron chi connectivity index (χ0n) is 67.4. The van der Waals surface area contributed by atoms with Crippen LogP contribution in [-0.2, 0) is 0 Å². The number of rotatable bonds is 13. The van der Waals surface area contributed by atoms with Crippen LogP contribution in [0.25, 0.3) is 66.8 Å². The summed E-state index contributed by atoms with van der Waals surface area (Å²) in [5.74, 6) is 7.59. The van der Waals surface area contributed by atoms with E-state index in [2.05, 4.69) is 39.0 Å². The highest BCUT2D eigenvalue weighted by Crippen LogP contribution is 2.53. The number of aryl methyl sites for hydroxylation is 3. The summed E-state index contributed by atoms with van der Waals surface area (Å²) in [6, 6.07) is 60.3. The lowest BCUT2D eigenvalue weighted by molar-refractivity contribution is 0.0971. The molecule has 0 saturated heterocycles. The van der Waals surface area contributed by atoms with Crippen molar-refractivity contribution in [2.75, 3.05) is 86.0 Å². The van der Waals surface area contributed by atoms with E-state index in [9.17, 15) is 4.39 Å². The molecule has 6 aliphatic rings. The van der Waals surface area contributed by atoms with Crippen molar-refractivity contribution in [1.82, 2.24) is 0 Å². The third kappa shape index (κ3) is 21.6. The molecule has 6 aliphatic heterocycles. The summed E-state index contributed by atoms with van der Waals surface area (Å²) in [5.41, 5.74) is 47.0. The van der Waals surface area contributed by atoms with Crippen LogP contribution >= 0.6 is 116 Å². The van der Waals surface area contributed by atoms with E-state index in [1.54, 1.807) is 110 Å². The first kappa shape index (κ1) is 92.3. The normalized spacial score (nSPS) is 16.9. The summed E-state index contributed by atoms with van der Waals surface area (Å²) in [6.45, 7) is 11.0. The quantitative estimate of drug-likeness (QED) is 0.0626. The van der Waals surface area contributed by atoms with Gasteiger partial charge in [0.15, 0.2) is 69.0 Å². The summed E-state index contributed by atoms with van der Waals surface area (Å²) < 4.78 is 89.3. The van der Waals surface area contributed by atoms with Gasteiger partial charge in [-0.2, -0.15) is 0 Å². The van der Waals surface area contributed by atoms with Gasteiger partial charge in [0.05, 0.1) is 22.7 Å². The van der Waals surface area contributed by atoms with E-state index in [1.165, 1.54) is 17.2 Å². The monoisotopic (exact) mass is 1880 g/mol. The number of methoxy groups -OCH3 is 1. The molecule has 0 bridgehead atoms. The van der Waals surface area contributed by atoms with Crippen molar-refractivity contribution in [2.45, 2.75) is 57.4 Å². The van der Waals surface area contributed by atoms with Crippen molar-refractivity contribution in [3.8, 4) is 142 Å². The van der Waals surface area contributed by atoms with Gasteiger partial charge < -0.3 is 96.0 Å². The summed E-state index contributed by atoms with van der Waals surface area (Å²) in [6.07, 6.45) is -1.12. The molecule has 12 aromatic carbocycles. The highest BCUT2D eigenvalue weighted by Gasteiger charge is 2.33. The Morgan fingerprint density at radius 1 is 0.274 bits per heavy atom. The molecule has 19 nitrogen and oxygen atoms in total. The van der Waals surface area contributed by atoms with Gasteiger partial charge in [0.2, 0.25) is 0 Å². The lowest BCUT2D eigenvalue weighted by atomic mass is 9.94. The summed E-state index contributed by atoms with van der Waals surface area (Å²) in [4.78, 5) is 0. The highest BCUT2D eigenvalue weighted by molar-refractivity contribution is 6.38. The minimum atomic E-state index is -0.405. The van der Waals surface area contributed by atoms with Crippen LogP contribution in [0.15, 0.2) is 200 Å². The average Bonchev–Trinajstić information content (AvgIpc) is 0.804. The lowest BCUT2D eigenvalue weighted by Gasteiger charge is -2.28. The number of hydrogen-bond donors (Lipinski definition) is 6. The summed E-state index contributed by atoms with van der Waals surface area (Å²) >= 11 is 62.2. The third-order valence-electron chi connectivity index (χ3n) is 20.2. The molecular formula is C94H87Cl10FN6O13. The van der Waals surface area contributed by atoms with E-state index >= 15 is 0 Å². The van der Waals surface area contributed by atoms with Crippen LogP contribution in [-0.4, -0.2) is 123 Å². The van der Waals surface area contributed by atoms with Gasteiger partial charge in [-0.1, -0.05) is 195 Å². The van der Waals surface area contributed by atoms with E-state index in [4.69, 9.17) is 212 Å². The Labute approximate surface area is 768 Å². The van der Waals surface area contributed by atoms with Gasteiger partial charge >= 0.3 is 0 Å². The van der Waals surface area contributed by atoms with Crippen LogP contribution in [0.5, 0.6) is 74.7 Å². The first-order chi connectivity index (χ1) is 59.9. The molecule has 0 aromatic heterocycles. The molecule has 0 aliphatic carbocycles. The Morgan fingerprint density at radius 3 is 1.02 bits per heavy atom. The molecule has 0 radical (unpaired) electrons. The second-order valence-corrected chi connectivity index (χ2v) is 33.0. The van der Waals surface area contributed by atoms with Crippen molar-refractivity contribution < 1.29 is 66.0 Å². The Morgan fingerprint density at radius 2 is 0.589 bits per heavy atom. The topological polar surface area (TPSA) is 276 Å². The zero-order chi connectivity index (χ0) is 88.0. The molecule has 30 heteroatoms. The van der Waals surface area contributed by atoms with Crippen LogP contribution in [0.4, 0.5) is 4.39 Å². The van der Waals surface area contributed by atoms with Gasteiger partial charge in [0, 0.05) is 148 Å². The van der Waals surface area contributed by atoms with E-state index in [1.807, 2.05) is 72.8 Å². The van der Waals surface area contributed by atoms with Crippen molar-refractivity contribution in [2.24, 2.45) is 34.4 Å². The predicted octanol–water partition coefficient (Wildman–Crippen LogP) is 22.3. The van der Waals surface area contributed by atoms with Crippen LogP contribution < -0.4 is 96.0 Å². The fourth-order valence-electron chi connectivity index (χ4n) is 14.1. The van der Waals surface area contributed by atoms with Crippen molar-refractivity contribution in [3.63, 3.8) is 0 Å². The molecular weight excluding hydrogens is 1790 g/mol. The Hall–Kier alpha value is -9.37. The standard InChI is InChI=1S/C17H18ClNO2.C16H15Cl2NO3.C16H16ClNO2.C15H12Cl3NO2.C15H13Cl2NO2.C15H13ClFNO2/c1-10-4-3-5-11(2)16(10)14-6-12(18)7-15-17(14)21-13(8-19)9-20-15;1-20-14-3-2-9(17)4-12(14)13-5-10(18)6-15-16(13)22-11(7-19)8-21-15;1-10-4-2-3-5-12(10)15-13(17)6-7-14-16(15)20-11(8-18)9-19-14;16-8-1-2-13(18)11(3-8)12-4-9(17)5-14-15(12)21-10(6-19)7-20-14;2*16-11-4-2-1-3-10(11)14-12(17)5-6-13-15(14)20-9(7-18)8-19-13/h3-7,13H,8-9,19H2,1-2H3;2-6,11H,7-8,19H2,1H3;2-7,11H,8-9,18H2,1H3;1-5,10H,6-7,19H2;2*1-6,9H,7-8,18H2/t13-;2*11-;10-;2*9-/m000000/s1. The smallest absolute Gasteiger partial charge is 0.172 e. The van der Waals surface area contributed by atoms with Crippen molar-refractivity contribution >= 4 is 116 Å². The van der Waals surface area contributed by atoms with Crippen LogP contribution in [0, 0.1) is 26.6 Å². The molecule has 0 amide bonds. The summed E-state index contributed by atoms with van der Waals surface area (Å²) in [7, 11) is 1.60. The maximum atomic E-state index is 14.2. The average molecular weight is 1880 g/mol. The minimum absolute atomic E-state index is 0.123. The number of halogens is 11. The van der Waals surface area contributed by atoms with Gasteiger partial charge in [-0.3, -0.25) is 0 Å². The lowest BCUT2D eigenvalue weighted by Crippen LogP contribution is -2.36. The Bertz CT molecular complexity index is 5540.